The molecule has 1 atom stereocenters. The second kappa shape index (κ2) is 6.03. The summed E-state index contributed by atoms with van der Waals surface area (Å²) in [6, 6.07) is 13.4. The van der Waals surface area contributed by atoms with Crippen molar-refractivity contribution in [3.05, 3.63) is 48.0 Å². The molecule has 0 saturated heterocycles. The van der Waals surface area contributed by atoms with Gasteiger partial charge in [0.15, 0.2) is 0 Å². The molecule has 96 valence electrons. The molecule has 0 aliphatic heterocycles. The molecule has 0 bridgehead atoms. The number of aliphatic hydroxyl groups excluding tert-OH is 1. The SMILES string of the molecule is CCOC(=O)C#CC(O)c1ccc2ccccc2c1. The number of rotatable bonds is 2. The van der Waals surface area contributed by atoms with Crippen molar-refractivity contribution in [3.8, 4) is 11.8 Å². The van der Waals surface area contributed by atoms with Crippen molar-refractivity contribution >= 4 is 16.7 Å². The first-order chi connectivity index (χ1) is 9.20. The van der Waals surface area contributed by atoms with E-state index in [1.165, 1.54) is 0 Å². The quantitative estimate of drug-likeness (QED) is 0.508. The van der Waals surface area contributed by atoms with Crippen molar-refractivity contribution in [2.24, 2.45) is 0 Å². The minimum absolute atomic E-state index is 0.277. The van der Waals surface area contributed by atoms with Crippen LogP contribution in [0, 0.1) is 11.8 Å². The number of hydrogen-bond donors (Lipinski definition) is 1. The first kappa shape index (κ1) is 13.1. The molecule has 1 N–H and O–H groups in total. The fourth-order valence-corrected chi connectivity index (χ4v) is 1.76. The Hall–Kier alpha value is -2.31. The lowest BCUT2D eigenvalue weighted by Crippen LogP contribution is -2.01. The van der Waals surface area contributed by atoms with E-state index in [9.17, 15) is 9.90 Å². The van der Waals surface area contributed by atoms with Gasteiger partial charge in [-0.2, -0.15) is 0 Å². The molecule has 3 nitrogen and oxygen atoms in total. The summed E-state index contributed by atoms with van der Waals surface area (Å²) in [5.74, 6) is 4.13. The van der Waals surface area contributed by atoms with Gasteiger partial charge in [0, 0.05) is 5.92 Å². The van der Waals surface area contributed by atoms with Crippen LogP contribution < -0.4 is 0 Å². The predicted molar refractivity (Wildman–Crippen MR) is 73.3 cm³/mol. The van der Waals surface area contributed by atoms with Gasteiger partial charge >= 0.3 is 5.97 Å². The summed E-state index contributed by atoms with van der Waals surface area (Å²) in [7, 11) is 0. The molecule has 1 unspecified atom stereocenters. The summed E-state index contributed by atoms with van der Waals surface area (Å²) >= 11 is 0. The first-order valence-corrected chi connectivity index (χ1v) is 6.05. The van der Waals surface area contributed by atoms with Gasteiger partial charge in [0.1, 0.15) is 6.10 Å². The average molecular weight is 254 g/mol. The van der Waals surface area contributed by atoms with Crippen molar-refractivity contribution in [2.45, 2.75) is 13.0 Å². The number of ether oxygens (including phenoxy) is 1. The molecule has 0 heterocycles. The second-order valence-electron chi connectivity index (χ2n) is 4.00. The molecule has 0 aliphatic carbocycles. The Bertz CT molecular complexity index is 650. The lowest BCUT2D eigenvalue weighted by Gasteiger charge is -2.05. The highest BCUT2D eigenvalue weighted by Gasteiger charge is 2.05. The van der Waals surface area contributed by atoms with Gasteiger partial charge in [-0.3, -0.25) is 0 Å². The molecule has 0 aliphatic rings. The van der Waals surface area contributed by atoms with E-state index in [0.717, 1.165) is 10.8 Å². The van der Waals surface area contributed by atoms with Crippen molar-refractivity contribution in [3.63, 3.8) is 0 Å². The normalized spacial score (nSPS) is 11.5. The predicted octanol–water partition coefficient (Wildman–Crippen LogP) is 2.44. The van der Waals surface area contributed by atoms with Crippen LogP contribution in [-0.4, -0.2) is 17.7 Å². The standard InChI is InChI=1S/C16H14O3/c1-2-19-16(18)10-9-15(17)14-8-7-12-5-3-4-6-13(12)11-14/h3-8,11,15,17H,2H2,1H3. The number of benzene rings is 2. The van der Waals surface area contributed by atoms with Gasteiger partial charge in [-0.05, 0) is 29.3 Å². The van der Waals surface area contributed by atoms with E-state index < -0.39 is 12.1 Å². The van der Waals surface area contributed by atoms with Gasteiger partial charge in [0.2, 0.25) is 0 Å². The lowest BCUT2D eigenvalue weighted by molar-refractivity contribution is -0.136. The maximum atomic E-state index is 11.1. The highest BCUT2D eigenvalue weighted by molar-refractivity contribution is 5.88. The van der Waals surface area contributed by atoms with Crippen LogP contribution in [0.15, 0.2) is 42.5 Å². The van der Waals surface area contributed by atoms with Crippen LogP contribution in [0.4, 0.5) is 0 Å². The minimum Gasteiger partial charge on any atom is -0.456 e. The fraction of sp³-hybridized carbons (Fsp3) is 0.188. The van der Waals surface area contributed by atoms with Crippen molar-refractivity contribution in [1.29, 1.82) is 0 Å². The molecule has 19 heavy (non-hydrogen) atoms. The van der Waals surface area contributed by atoms with Crippen LogP contribution in [-0.2, 0) is 9.53 Å². The third-order valence-corrected chi connectivity index (χ3v) is 2.68. The molecule has 0 spiro atoms. The Morgan fingerprint density at radius 2 is 2.00 bits per heavy atom. The zero-order valence-corrected chi connectivity index (χ0v) is 10.6. The van der Waals surface area contributed by atoms with Crippen LogP contribution in [0.3, 0.4) is 0 Å². The van der Waals surface area contributed by atoms with E-state index in [2.05, 4.69) is 16.6 Å². The van der Waals surface area contributed by atoms with Gasteiger partial charge in [0.25, 0.3) is 0 Å². The fourth-order valence-electron chi connectivity index (χ4n) is 1.76. The number of aliphatic hydroxyl groups is 1. The average Bonchev–Trinajstić information content (AvgIpc) is 2.44. The van der Waals surface area contributed by atoms with Gasteiger partial charge < -0.3 is 9.84 Å². The van der Waals surface area contributed by atoms with E-state index in [1.807, 2.05) is 36.4 Å². The van der Waals surface area contributed by atoms with E-state index in [-0.39, 0.29) is 6.61 Å². The molecule has 0 radical (unpaired) electrons. The van der Waals surface area contributed by atoms with Crippen LogP contribution >= 0.6 is 0 Å². The van der Waals surface area contributed by atoms with Gasteiger partial charge in [-0.25, -0.2) is 4.79 Å². The highest BCUT2D eigenvalue weighted by Crippen LogP contribution is 2.19. The smallest absolute Gasteiger partial charge is 0.384 e. The highest BCUT2D eigenvalue weighted by atomic mass is 16.5. The van der Waals surface area contributed by atoms with Crippen molar-refractivity contribution in [1.82, 2.24) is 0 Å². The Kier molecular flexibility index (Phi) is 4.17. The molecule has 3 heteroatoms. The van der Waals surface area contributed by atoms with E-state index in [0.29, 0.717) is 5.56 Å². The molecule has 2 aromatic rings. The Morgan fingerprint density at radius 1 is 1.26 bits per heavy atom. The Balaban J connectivity index is 2.21. The molecule has 0 saturated carbocycles. The third-order valence-electron chi connectivity index (χ3n) is 2.68. The molecular formula is C16H14O3. The summed E-state index contributed by atoms with van der Waals surface area (Å²) in [6.07, 6.45) is -0.992. The maximum absolute atomic E-state index is 11.1. The van der Waals surface area contributed by atoms with Gasteiger partial charge in [-0.15, -0.1) is 0 Å². The summed E-state index contributed by atoms with van der Waals surface area (Å²) in [5, 5.41) is 12.0. The molecular weight excluding hydrogens is 240 g/mol. The molecule has 0 amide bonds. The van der Waals surface area contributed by atoms with Crippen LogP contribution in [0.5, 0.6) is 0 Å². The molecule has 2 rings (SSSR count). The summed E-state index contributed by atoms with van der Waals surface area (Å²) in [6.45, 7) is 1.99. The number of carbonyl (C=O) groups excluding carboxylic acids is 1. The maximum Gasteiger partial charge on any atom is 0.384 e. The zero-order chi connectivity index (χ0) is 13.7. The topological polar surface area (TPSA) is 46.5 Å². The number of esters is 1. The van der Waals surface area contributed by atoms with Crippen molar-refractivity contribution in [2.75, 3.05) is 6.61 Å². The Morgan fingerprint density at radius 3 is 2.74 bits per heavy atom. The molecule has 0 fully saturated rings. The lowest BCUT2D eigenvalue weighted by atomic mass is 10.0. The molecule has 2 aromatic carbocycles. The third kappa shape index (κ3) is 3.34. The largest absolute Gasteiger partial charge is 0.456 e. The van der Waals surface area contributed by atoms with Crippen LogP contribution in [0.25, 0.3) is 10.8 Å². The van der Waals surface area contributed by atoms with Gasteiger partial charge in [-0.1, -0.05) is 42.3 Å². The summed E-state index contributed by atoms with van der Waals surface area (Å²) in [4.78, 5) is 11.1. The van der Waals surface area contributed by atoms with E-state index in [1.54, 1.807) is 13.0 Å². The van der Waals surface area contributed by atoms with E-state index >= 15 is 0 Å². The molecule has 0 aromatic heterocycles. The van der Waals surface area contributed by atoms with Crippen LogP contribution in [0.2, 0.25) is 0 Å². The van der Waals surface area contributed by atoms with E-state index in [4.69, 9.17) is 0 Å². The summed E-state index contributed by atoms with van der Waals surface area (Å²) < 4.78 is 4.67. The number of carbonyl (C=O) groups is 1. The van der Waals surface area contributed by atoms with Gasteiger partial charge in [0.05, 0.1) is 6.61 Å². The monoisotopic (exact) mass is 254 g/mol. The second-order valence-corrected chi connectivity index (χ2v) is 4.00. The number of fused-ring (bicyclic) bond motifs is 1. The first-order valence-electron chi connectivity index (χ1n) is 6.05. The minimum atomic E-state index is -0.992. The zero-order valence-electron chi connectivity index (χ0n) is 10.6. The van der Waals surface area contributed by atoms with Crippen LogP contribution in [0.1, 0.15) is 18.6 Å². The summed E-state index contributed by atoms with van der Waals surface area (Å²) in [5.41, 5.74) is 0.662. The van der Waals surface area contributed by atoms with Crippen molar-refractivity contribution < 1.29 is 14.6 Å². The Labute approximate surface area is 111 Å². The number of hydrogen-bond acceptors (Lipinski definition) is 3.